The first-order chi connectivity index (χ1) is 18.9. The molecule has 4 fully saturated rings. The van der Waals surface area contributed by atoms with Crippen molar-refractivity contribution in [1.29, 1.82) is 0 Å². The third kappa shape index (κ3) is 7.18. The molecular weight excluding hydrogens is 589 g/mol. The van der Waals surface area contributed by atoms with Gasteiger partial charge in [-0.2, -0.15) is 0 Å². The zero-order chi connectivity index (χ0) is 31.7. The Bertz CT molecular complexity index is 994. The minimum atomic E-state index is -2.00. The van der Waals surface area contributed by atoms with E-state index in [0.717, 1.165) is 32.1 Å². The molecule has 0 bridgehead atoms. The summed E-state index contributed by atoms with van der Waals surface area (Å²) in [5.41, 5.74) is -0.621. The van der Waals surface area contributed by atoms with E-state index in [4.69, 9.17) is 17.7 Å². The maximum Gasteiger partial charge on any atom is 0.184 e. The summed E-state index contributed by atoms with van der Waals surface area (Å²) in [6, 6.07) is 0. The quantitative estimate of drug-likeness (QED) is 0.220. The lowest BCUT2D eigenvalue weighted by molar-refractivity contribution is -0.187. The molecule has 0 aliphatic heterocycles. The standard InChI is InChI=1S/C33H66O5Si4/c1-31-19-17-25(36-40(6,7)8)21-24(31)15-16-26-27-18-20-33(38-42(12,13)14,32(27,2)22-28(34)30(26)31)29(37-41(9,10)11)23-35-39(3,4)5/h24-27,29-30H,15-23H2,1-14H3/t24-,25-,26?,27?,29-,30?,31?,32?,33+/m1/s1. The Hall–Kier alpha value is 0.378. The van der Waals surface area contributed by atoms with Crippen LogP contribution in [0.25, 0.3) is 0 Å². The fourth-order valence-corrected chi connectivity index (χ4v) is 14.5. The van der Waals surface area contributed by atoms with E-state index in [-0.39, 0.29) is 22.9 Å². The number of hydrogen-bond acceptors (Lipinski definition) is 5. The Morgan fingerprint density at radius 1 is 0.786 bits per heavy atom. The number of carbonyl (C=O) groups is 1. The van der Waals surface area contributed by atoms with Crippen LogP contribution in [-0.2, 0) is 22.5 Å². The van der Waals surface area contributed by atoms with Crippen LogP contribution >= 0.6 is 0 Å². The van der Waals surface area contributed by atoms with Crippen LogP contribution in [0.2, 0.25) is 78.6 Å². The summed E-state index contributed by atoms with van der Waals surface area (Å²) in [4.78, 5) is 14.7. The molecule has 0 N–H and O–H groups in total. The zero-order valence-electron chi connectivity index (χ0n) is 29.9. The first-order valence-corrected chi connectivity index (χ1v) is 30.7. The summed E-state index contributed by atoms with van der Waals surface area (Å²) in [6.07, 6.45) is 8.77. The maximum atomic E-state index is 14.7. The van der Waals surface area contributed by atoms with Crippen LogP contribution in [0.15, 0.2) is 0 Å². The van der Waals surface area contributed by atoms with Crippen molar-refractivity contribution in [2.45, 2.75) is 162 Å². The van der Waals surface area contributed by atoms with Crippen LogP contribution in [0, 0.1) is 34.5 Å². The van der Waals surface area contributed by atoms with Crippen molar-refractivity contribution in [2.24, 2.45) is 34.5 Å². The highest BCUT2D eigenvalue weighted by molar-refractivity contribution is 6.71. The molecule has 4 aliphatic rings. The van der Waals surface area contributed by atoms with Crippen molar-refractivity contribution < 1.29 is 22.5 Å². The minimum Gasteiger partial charge on any atom is -0.415 e. The predicted octanol–water partition coefficient (Wildman–Crippen LogP) is 9.09. The van der Waals surface area contributed by atoms with Crippen LogP contribution < -0.4 is 0 Å². The van der Waals surface area contributed by atoms with Crippen LogP contribution in [0.1, 0.15) is 65.2 Å². The Morgan fingerprint density at radius 2 is 1.43 bits per heavy atom. The number of ketones is 1. The lowest BCUT2D eigenvalue weighted by Gasteiger charge is -2.62. The Kier molecular flexibility index (Phi) is 9.70. The minimum absolute atomic E-state index is 0.0979. The van der Waals surface area contributed by atoms with E-state index in [9.17, 15) is 4.79 Å². The SMILES string of the molecule is CC12CC[C@@H](O[Si](C)(C)C)C[C@H]1CCC1C2C(=O)CC2(C)C1CC[C@]2(O[Si](C)(C)C)[C@@H](CO[Si](C)(C)C)O[Si](C)(C)C. The molecule has 0 saturated heterocycles. The monoisotopic (exact) mass is 654 g/mol. The van der Waals surface area contributed by atoms with E-state index < -0.39 is 38.9 Å². The van der Waals surface area contributed by atoms with E-state index in [0.29, 0.717) is 42.7 Å². The molecule has 0 aromatic heterocycles. The largest absolute Gasteiger partial charge is 0.415 e. The lowest BCUT2D eigenvalue weighted by atomic mass is 9.44. The van der Waals surface area contributed by atoms with Gasteiger partial charge in [0.05, 0.1) is 18.3 Å². The van der Waals surface area contributed by atoms with Gasteiger partial charge < -0.3 is 17.7 Å². The second kappa shape index (κ2) is 11.6. The van der Waals surface area contributed by atoms with Crippen molar-refractivity contribution in [3.05, 3.63) is 0 Å². The summed E-state index contributed by atoms with van der Waals surface area (Å²) >= 11 is 0. The zero-order valence-corrected chi connectivity index (χ0v) is 33.9. The van der Waals surface area contributed by atoms with Gasteiger partial charge in [0.1, 0.15) is 5.78 Å². The van der Waals surface area contributed by atoms with Crippen LogP contribution in [0.4, 0.5) is 0 Å². The molecule has 0 spiro atoms. The van der Waals surface area contributed by atoms with E-state index >= 15 is 0 Å². The van der Waals surface area contributed by atoms with Gasteiger partial charge in [-0.15, -0.1) is 0 Å². The molecule has 0 aromatic carbocycles. The molecule has 0 aromatic rings. The van der Waals surface area contributed by atoms with Gasteiger partial charge in [-0.05, 0) is 147 Å². The smallest absolute Gasteiger partial charge is 0.184 e. The Morgan fingerprint density at radius 3 is 1.98 bits per heavy atom. The molecule has 244 valence electrons. The molecule has 5 nitrogen and oxygen atoms in total. The summed E-state index contributed by atoms with van der Waals surface area (Å²) < 4.78 is 27.9. The summed E-state index contributed by atoms with van der Waals surface area (Å²) in [7, 11) is -7.29. The molecule has 5 unspecified atom stereocenters. The van der Waals surface area contributed by atoms with Gasteiger partial charge in [0.15, 0.2) is 33.3 Å². The molecule has 0 amide bonds. The highest BCUT2D eigenvalue weighted by Gasteiger charge is 2.70. The first-order valence-electron chi connectivity index (χ1n) is 17.1. The number of carbonyl (C=O) groups excluding carboxylic acids is 1. The molecule has 0 heterocycles. The Balaban J connectivity index is 1.70. The number of fused-ring (bicyclic) bond motifs is 5. The fraction of sp³-hybridized carbons (Fsp3) is 0.970. The molecule has 4 saturated carbocycles. The molecule has 42 heavy (non-hydrogen) atoms. The van der Waals surface area contributed by atoms with E-state index in [1.165, 1.54) is 12.8 Å². The fourth-order valence-electron chi connectivity index (χ4n) is 9.99. The third-order valence-electron chi connectivity index (χ3n) is 11.2. The number of hydrogen-bond donors (Lipinski definition) is 0. The normalized spacial score (nSPS) is 40.3. The van der Waals surface area contributed by atoms with Gasteiger partial charge in [-0.3, -0.25) is 4.79 Å². The predicted molar refractivity (Wildman–Crippen MR) is 185 cm³/mol. The molecule has 4 aliphatic carbocycles. The molecule has 0 radical (unpaired) electrons. The van der Waals surface area contributed by atoms with Gasteiger partial charge >= 0.3 is 0 Å². The second-order valence-electron chi connectivity index (χ2n) is 19.0. The topological polar surface area (TPSA) is 54.0 Å². The van der Waals surface area contributed by atoms with Crippen molar-refractivity contribution >= 4 is 39.1 Å². The van der Waals surface area contributed by atoms with Crippen molar-refractivity contribution in [2.75, 3.05) is 6.61 Å². The maximum absolute atomic E-state index is 14.7. The van der Waals surface area contributed by atoms with Gasteiger partial charge in [-0.1, -0.05) is 13.8 Å². The van der Waals surface area contributed by atoms with Crippen molar-refractivity contribution in [3.63, 3.8) is 0 Å². The van der Waals surface area contributed by atoms with Crippen LogP contribution in [0.3, 0.4) is 0 Å². The summed E-state index contributed by atoms with van der Waals surface area (Å²) in [6.45, 7) is 33.0. The molecule has 9 heteroatoms. The van der Waals surface area contributed by atoms with Crippen molar-refractivity contribution in [3.8, 4) is 0 Å². The van der Waals surface area contributed by atoms with E-state index in [1.54, 1.807) is 0 Å². The van der Waals surface area contributed by atoms with Crippen molar-refractivity contribution in [1.82, 2.24) is 0 Å². The van der Waals surface area contributed by atoms with Gasteiger partial charge in [0.25, 0.3) is 0 Å². The van der Waals surface area contributed by atoms with E-state index in [2.05, 4.69) is 92.4 Å². The first kappa shape index (κ1) is 35.2. The lowest BCUT2D eigenvalue weighted by Crippen LogP contribution is -2.67. The van der Waals surface area contributed by atoms with E-state index in [1.807, 2.05) is 0 Å². The molecule has 9 atom stereocenters. The van der Waals surface area contributed by atoms with Gasteiger partial charge in [0, 0.05) is 23.9 Å². The van der Waals surface area contributed by atoms with Gasteiger partial charge in [0.2, 0.25) is 0 Å². The highest BCUT2D eigenvalue weighted by atomic mass is 28.4. The second-order valence-corrected chi connectivity index (χ2v) is 36.9. The van der Waals surface area contributed by atoms with Gasteiger partial charge in [-0.25, -0.2) is 0 Å². The summed E-state index contributed by atoms with van der Waals surface area (Å²) in [5.74, 6) is 2.23. The average molecular weight is 655 g/mol. The number of rotatable bonds is 10. The Labute approximate surface area is 263 Å². The highest BCUT2D eigenvalue weighted by Crippen LogP contribution is 2.69. The molecular formula is C33H66O5Si4. The third-order valence-corrected chi connectivity index (χ3v) is 15.2. The summed E-state index contributed by atoms with van der Waals surface area (Å²) in [5, 5.41) is 0. The average Bonchev–Trinajstić information content (AvgIpc) is 3.05. The van der Waals surface area contributed by atoms with Crippen LogP contribution in [0.5, 0.6) is 0 Å². The molecule has 4 rings (SSSR count). The van der Waals surface area contributed by atoms with Crippen LogP contribution in [-0.4, -0.2) is 63.5 Å². The number of Topliss-reactive ketones (excluding diaryl/α,β-unsaturated/α-hetero) is 1.